The fraction of sp³-hybridized carbons (Fsp3) is 0.889. The number of esters is 1. The molecule has 2 atom stereocenters. The summed E-state index contributed by atoms with van der Waals surface area (Å²) in [5, 5.41) is 3.23. The summed E-state index contributed by atoms with van der Waals surface area (Å²) in [5.41, 5.74) is 0.0904. The van der Waals surface area contributed by atoms with E-state index in [4.69, 9.17) is 4.74 Å². The van der Waals surface area contributed by atoms with Crippen LogP contribution >= 0.6 is 0 Å². The molecule has 0 radical (unpaired) electrons. The molecule has 1 rings (SSSR count). The minimum Gasteiger partial charge on any atom is -0.469 e. The Labute approximate surface area is 73.5 Å². The Balaban J connectivity index is 2.69. The van der Waals surface area contributed by atoms with E-state index in [1.807, 2.05) is 0 Å². The van der Waals surface area contributed by atoms with Crippen molar-refractivity contribution in [3.05, 3.63) is 0 Å². The molecular formula is C9H17NO2. The molecule has 1 saturated heterocycles. The standard InChI is InChI=1S/C9H17NO2/c1-4-9(2)6-10-5-7(9)8(11)12-3/h7,10H,4-6H2,1-3H3. The average molecular weight is 171 g/mol. The first-order valence-electron chi connectivity index (χ1n) is 4.42. The molecule has 1 heterocycles. The van der Waals surface area contributed by atoms with Gasteiger partial charge < -0.3 is 10.1 Å². The van der Waals surface area contributed by atoms with E-state index in [0.717, 1.165) is 19.5 Å². The van der Waals surface area contributed by atoms with Crippen LogP contribution in [-0.4, -0.2) is 26.2 Å². The topological polar surface area (TPSA) is 38.3 Å². The number of nitrogens with one attached hydrogen (secondary N) is 1. The lowest BCUT2D eigenvalue weighted by Crippen LogP contribution is -2.32. The predicted octanol–water partition coefficient (Wildman–Crippen LogP) is 0.795. The minimum absolute atomic E-state index is 0.0347. The average Bonchev–Trinajstić information content (AvgIpc) is 2.47. The Morgan fingerprint density at radius 2 is 2.42 bits per heavy atom. The van der Waals surface area contributed by atoms with Crippen molar-refractivity contribution in [2.45, 2.75) is 20.3 Å². The van der Waals surface area contributed by atoms with Crippen LogP contribution in [0, 0.1) is 11.3 Å². The van der Waals surface area contributed by atoms with E-state index in [-0.39, 0.29) is 17.3 Å². The van der Waals surface area contributed by atoms with Gasteiger partial charge in [0.15, 0.2) is 0 Å². The molecule has 1 fully saturated rings. The quantitative estimate of drug-likeness (QED) is 0.624. The number of methoxy groups -OCH3 is 1. The van der Waals surface area contributed by atoms with Gasteiger partial charge in [0.05, 0.1) is 13.0 Å². The molecule has 2 unspecified atom stereocenters. The number of hydrogen-bond acceptors (Lipinski definition) is 3. The van der Waals surface area contributed by atoms with Crippen molar-refractivity contribution in [1.82, 2.24) is 5.32 Å². The molecule has 0 saturated carbocycles. The van der Waals surface area contributed by atoms with Crippen LogP contribution < -0.4 is 5.32 Å². The van der Waals surface area contributed by atoms with Crippen LogP contribution in [0.15, 0.2) is 0 Å². The molecule has 70 valence electrons. The fourth-order valence-corrected chi connectivity index (χ4v) is 1.75. The first-order chi connectivity index (χ1) is 5.64. The lowest BCUT2D eigenvalue weighted by Gasteiger charge is -2.26. The Bertz CT molecular complexity index is 181. The predicted molar refractivity (Wildman–Crippen MR) is 46.8 cm³/mol. The van der Waals surface area contributed by atoms with E-state index < -0.39 is 0 Å². The molecule has 1 aliphatic rings. The van der Waals surface area contributed by atoms with E-state index in [1.54, 1.807) is 0 Å². The molecule has 0 spiro atoms. The summed E-state index contributed by atoms with van der Waals surface area (Å²) in [6, 6.07) is 0. The van der Waals surface area contributed by atoms with E-state index in [9.17, 15) is 4.79 Å². The zero-order chi connectivity index (χ0) is 9.19. The van der Waals surface area contributed by atoms with Gasteiger partial charge in [0.1, 0.15) is 0 Å². The van der Waals surface area contributed by atoms with E-state index >= 15 is 0 Å². The van der Waals surface area contributed by atoms with Gasteiger partial charge in [0.25, 0.3) is 0 Å². The first kappa shape index (κ1) is 9.52. The summed E-state index contributed by atoms with van der Waals surface area (Å²) in [6.07, 6.45) is 1.01. The van der Waals surface area contributed by atoms with Crippen LogP contribution in [0.2, 0.25) is 0 Å². The lowest BCUT2D eigenvalue weighted by molar-refractivity contribution is -0.148. The number of carbonyl (C=O) groups is 1. The van der Waals surface area contributed by atoms with Crippen LogP contribution in [0.3, 0.4) is 0 Å². The van der Waals surface area contributed by atoms with E-state index in [2.05, 4.69) is 19.2 Å². The second-order valence-corrected chi connectivity index (χ2v) is 3.71. The summed E-state index contributed by atoms with van der Waals surface area (Å²) in [7, 11) is 1.46. The van der Waals surface area contributed by atoms with Crippen LogP contribution in [0.1, 0.15) is 20.3 Å². The SMILES string of the molecule is CCC1(C)CNCC1C(=O)OC. The molecule has 12 heavy (non-hydrogen) atoms. The van der Waals surface area contributed by atoms with Crippen LogP contribution in [0.25, 0.3) is 0 Å². The Morgan fingerprint density at radius 1 is 1.75 bits per heavy atom. The zero-order valence-electron chi connectivity index (χ0n) is 8.02. The maximum absolute atomic E-state index is 11.3. The molecule has 0 aromatic heterocycles. The molecular weight excluding hydrogens is 154 g/mol. The zero-order valence-corrected chi connectivity index (χ0v) is 8.02. The molecule has 3 nitrogen and oxygen atoms in total. The fourth-order valence-electron chi connectivity index (χ4n) is 1.75. The number of hydrogen-bond donors (Lipinski definition) is 1. The van der Waals surface area contributed by atoms with Crippen molar-refractivity contribution in [2.24, 2.45) is 11.3 Å². The number of rotatable bonds is 2. The highest BCUT2D eigenvalue weighted by molar-refractivity contribution is 5.74. The van der Waals surface area contributed by atoms with Crippen LogP contribution in [-0.2, 0) is 9.53 Å². The molecule has 0 bridgehead atoms. The summed E-state index contributed by atoms with van der Waals surface area (Å²) >= 11 is 0. The lowest BCUT2D eigenvalue weighted by atomic mass is 9.78. The Morgan fingerprint density at radius 3 is 2.92 bits per heavy atom. The van der Waals surface area contributed by atoms with Crippen LogP contribution in [0.4, 0.5) is 0 Å². The monoisotopic (exact) mass is 171 g/mol. The van der Waals surface area contributed by atoms with Crippen molar-refractivity contribution in [3.63, 3.8) is 0 Å². The second-order valence-electron chi connectivity index (χ2n) is 3.71. The van der Waals surface area contributed by atoms with Gasteiger partial charge in [-0.1, -0.05) is 13.8 Å². The van der Waals surface area contributed by atoms with Crippen molar-refractivity contribution in [3.8, 4) is 0 Å². The highest BCUT2D eigenvalue weighted by atomic mass is 16.5. The molecule has 0 aromatic rings. The highest BCUT2D eigenvalue weighted by Crippen LogP contribution is 2.34. The van der Waals surface area contributed by atoms with Gasteiger partial charge in [-0.15, -0.1) is 0 Å². The largest absolute Gasteiger partial charge is 0.469 e. The number of ether oxygens (including phenoxy) is 1. The molecule has 3 heteroatoms. The molecule has 0 aromatic carbocycles. The van der Waals surface area contributed by atoms with E-state index in [0.29, 0.717) is 0 Å². The third-order valence-electron chi connectivity index (χ3n) is 3.01. The molecule has 1 N–H and O–H groups in total. The van der Waals surface area contributed by atoms with E-state index in [1.165, 1.54) is 7.11 Å². The summed E-state index contributed by atoms with van der Waals surface area (Å²) in [4.78, 5) is 11.3. The molecule has 0 amide bonds. The van der Waals surface area contributed by atoms with Crippen molar-refractivity contribution < 1.29 is 9.53 Å². The highest BCUT2D eigenvalue weighted by Gasteiger charge is 2.42. The maximum atomic E-state index is 11.3. The summed E-state index contributed by atoms with van der Waals surface area (Å²) in [6.45, 7) is 5.93. The molecule has 0 aliphatic carbocycles. The first-order valence-corrected chi connectivity index (χ1v) is 4.42. The Hall–Kier alpha value is -0.570. The van der Waals surface area contributed by atoms with Gasteiger partial charge in [0.2, 0.25) is 0 Å². The van der Waals surface area contributed by atoms with Gasteiger partial charge in [0, 0.05) is 13.1 Å². The summed E-state index contributed by atoms with van der Waals surface area (Å²) in [5.74, 6) is -0.0446. The number of carbonyl (C=O) groups excluding carboxylic acids is 1. The normalized spacial score (nSPS) is 35.1. The van der Waals surface area contributed by atoms with Gasteiger partial charge >= 0.3 is 5.97 Å². The maximum Gasteiger partial charge on any atom is 0.310 e. The smallest absolute Gasteiger partial charge is 0.310 e. The van der Waals surface area contributed by atoms with Gasteiger partial charge in [-0.25, -0.2) is 0 Å². The minimum atomic E-state index is -0.0793. The van der Waals surface area contributed by atoms with Crippen molar-refractivity contribution in [2.75, 3.05) is 20.2 Å². The van der Waals surface area contributed by atoms with Crippen molar-refractivity contribution in [1.29, 1.82) is 0 Å². The third kappa shape index (κ3) is 1.46. The second kappa shape index (κ2) is 3.44. The molecule has 1 aliphatic heterocycles. The summed E-state index contributed by atoms with van der Waals surface area (Å²) < 4.78 is 4.75. The van der Waals surface area contributed by atoms with Gasteiger partial charge in [-0.3, -0.25) is 4.79 Å². The van der Waals surface area contributed by atoms with Gasteiger partial charge in [-0.05, 0) is 11.8 Å². The third-order valence-corrected chi connectivity index (χ3v) is 3.01. The Kier molecular flexibility index (Phi) is 2.73. The van der Waals surface area contributed by atoms with Gasteiger partial charge in [-0.2, -0.15) is 0 Å². The van der Waals surface area contributed by atoms with Crippen molar-refractivity contribution >= 4 is 5.97 Å². The van der Waals surface area contributed by atoms with Crippen LogP contribution in [0.5, 0.6) is 0 Å².